The number of nitrogens with two attached hydrogens (primary N) is 1. The third kappa shape index (κ3) is 4.89. The molecule has 4 N–H and O–H groups in total. The van der Waals surface area contributed by atoms with Crippen molar-refractivity contribution < 1.29 is 18.8 Å². The van der Waals surface area contributed by atoms with Gasteiger partial charge in [-0.15, -0.1) is 0 Å². The molecule has 1 atom stereocenters. The minimum atomic E-state index is -0.815. The molecule has 0 bridgehead atoms. The molecule has 2 aromatic carbocycles. The summed E-state index contributed by atoms with van der Waals surface area (Å²) >= 11 is 0. The number of amides is 3. The van der Waals surface area contributed by atoms with E-state index < -0.39 is 29.6 Å². The summed E-state index contributed by atoms with van der Waals surface area (Å²) in [6, 6.07) is 10.4. The number of rotatable bonds is 6. The lowest BCUT2D eigenvalue weighted by atomic mass is 10.0. The van der Waals surface area contributed by atoms with E-state index in [1.807, 2.05) is 0 Å². The van der Waals surface area contributed by atoms with Gasteiger partial charge in [0.05, 0.1) is 0 Å². The van der Waals surface area contributed by atoms with Crippen LogP contribution in [0, 0.1) is 11.7 Å². The van der Waals surface area contributed by atoms with Crippen LogP contribution in [0.2, 0.25) is 0 Å². The number of carbonyl (C=O) groups is 3. The summed E-state index contributed by atoms with van der Waals surface area (Å²) in [4.78, 5) is 36.1. The minimum absolute atomic E-state index is 0.196. The lowest BCUT2D eigenvalue weighted by Crippen LogP contribution is -2.47. The van der Waals surface area contributed by atoms with Crippen molar-refractivity contribution in [1.29, 1.82) is 0 Å². The lowest BCUT2D eigenvalue weighted by molar-refractivity contribution is -0.118. The Hall–Kier alpha value is -3.22. The highest BCUT2D eigenvalue weighted by atomic mass is 19.1. The Morgan fingerprint density at radius 2 is 1.65 bits per heavy atom. The van der Waals surface area contributed by atoms with Gasteiger partial charge in [0.25, 0.3) is 5.91 Å². The number of benzene rings is 2. The van der Waals surface area contributed by atoms with E-state index in [9.17, 15) is 18.8 Å². The molecule has 0 unspecified atom stereocenters. The van der Waals surface area contributed by atoms with Crippen molar-refractivity contribution in [3.05, 3.63) is 65.5 Å². The van der Waals surface area contributed by atoms with Gasteiger partial charge in [0.1, 0.15) is 11.9 Å². The van der Waals surface area contributed by atoms with Crippen LogP contribution in [-0.4, -0.2) is 23.8 Å². The summed E-state index contributed by atoms with van der Waals surface area (Å²) in [5.74, 6) is -2.17. The van der Waals surface area contributed by atoms with Crippen molar-refractivity contribution in [2.24, 2.45) is 11.7 Å². The molecule has 0 aliphatic rings. The summed E-state index contributed by atoms with van der Waals surface area (Å²) in [6.07, 6.45) is 0. The molecular formula is C19H20FN3O3. The molecule has 0 saturated heterocycles. The van der Waals surface area contributed by atoms with Crippen LogP contribution in [0.1, 0.15) is 34.6 Å². The zero-order valence-corrected chi connectivity index (χ0v) is 14.5. The SMILES string of the molecule is CC(C)[C@@H](NC(=O)c1ccc(F)cc1)C(=O)Nc1cccc(C(N)=O)c1. The Morgan fingerprint density at radius 1 is 1.00 bits per heavy atom. The molecular weight excluding hydrogens is 337 g/mol. The minimum Gasteiger partial charge on any atom is -0.366 e. The Kier molecular flexibility index (Phi) is 6.06. The normalized spacial score (nSPS) is 11.7. The van der Waals surface area contributed by atoms with Gasteiger partial charge in [0.2, 0.25) is 11.8 Å². The van der Waals surface area contributed by atoms with Crippen molar-refractivity contribution in [3.8, 4) is 0 Å². The van der Waals surface area contributed by atoms with Gasteiger partial charge in [-0.05, 0) is 48.4 Å². The zero-order valence-electron chi connectivity index (χ0n) is 14.5. The molecule has 2 aromatic rings. The number of nitrogens with one attached hydrogen (secondary N) is 2. The van der Waals surface area contributed by atoms with Crippen LogP contribution in [0.25, 0.3) is 0 Å². The Bertz CT molecular complexity index is 819. The number of primary amides is 1. The first-order chi connectivity index (χ1) is 12.3. The number of carbonyl (C=O) groups excluding carboxylic acids is 3. The largest absolute Gasteiger partial charge is 0.366 e. The zero-order chi connectivity index (χ0) is 19.3. The fourth-order valence-electron chi connectivity index (χ4n) is 2.33. The van der Waals surface area contributed by atoms with Gasteiger partial charge in [-0.1, -0.05) is 19.9 Å². The standard InChI is InChI=1S/C19H20FN3O3/c1-11(2)16(23-18(25)12-6-8-14(20)9-7-12)19(26)22-15-5-3-4-13(10-15)17(21)24/h3-11,16H,1-2H3,(H2,21,24)(H,22,26)(H,23,25)/t16-/m1/s1. The molecule has 0 radical (unpaired) electrons. The van der Waals surface area contributed by atoms with Crippen molar-refractivity contribution in [2.75, 3.05) is 5.32 Å². The summed E-state index contributed by atoms with van der Waals surface area (Å²) in [6.45, 7) is 3.57. The van der Waals surface area contributed by atoms with E-state index >= 15 is 0 Å². The van der Waals surface area contributed by atoms with Gasteiger partial charge in [-0.2, -0.15) is 0 Å². The highest BCUT2D eigenvalue weighted by Crippen LogP contribution is 2.13. The maximum Gasteiger partial charge on any atom is 0.251 e. The molecule has 0 aliphatic heterocycles. The smallest absolute Gasteiger partial charge is 0.251 e. The molecule has 0 spiro atoms. The molecule has 0 aromatic heterocycles. The number of hydrogen-bond donors (Lipinski definition) is 3. The Labute approximate surface area is 150 Å². The lowest BCUT2D eigenvalue weighted by Gasteiger charge is -2.22. The van der Waals surface area contributed by atoms with E-state index in [1.165, 1.54) is 36.4 Å². The molecule has 136 valence electrons. The Morgan fingerprint density at radius 3 is 2.23 bits per heavy atom. The number of anilines is 1. The highest BCUT2D eigenvalue weighted by molar-refractivity contribution is 6.02. The molecule has 3 amide bonds. The van der Waals surface area contributed by atoms with Gasteiger partial charge in [-0.25, -0.2) is 4.39 Å². The van der Waals surface area contributed by atoms with E-state index in [1.54, 1.807) is 26.0 Å². The van der Waals surface area contributed by atoms with Crippen LogP contribution in [-0.2, 0) is 4.79 Å². The van der Waals surface area contributed by atoms with Gasteiger partial charge in [0.15, 0.2) is 0 Å². The van der Waals surface area contributed by atoms with E-state index in [0.29, 0.717) is 5.69 Å². The third-order valence-electron chi connectivity index (χ3n) is 3.76. The van der Waals surface area contributed by atoms with E-state index in [0.717, 1.165) is 0 Å². The average Bonchev–Trinajstić information content (AvgIpc) is 2.59. The predicted octanol–water partition coefficient (Wildman–Crippen LogP) is 2.32. The second kappa shape index (κ2) is 8.24. The quantitative estimate of drug-likeness (QED) is 0.739. The average molecular weight is 357 g/mol. The highest BCUT2D eigenvalue weighted by Gasteiger charge is 2.25. The summed E-state index contributed by atoms with van der Waals surface area (Å²) in [5, 5.41) is 5.31. The van der Waals surface area contributed by atoms with Crippen molar-refractivity contribution in [2.45, 2.75) is 19.9 Å². The first-order valence-electron chi connectivity index (χ1n) is 8.05. The van der Waals surface area contributed by atoms with E-state index in [2.05, 4.69) is 10.6 Å². The number of halogens is 1. The van der Waals surface area contributed by atoms with Crippen molar-refractivity contribution in [3.63, 3.8) is 0 Å². The molecule has 26 heavy (non-hydrogen) atoms. The van der Waals surface area contributed by atoms with Crippen LogP contribution in [0.5, 0.6) is 0 Å². The van der Waals surface area contributed by atoms with Gasteiger partial charge in [-0.3, -0.25) is 14.4 Å². The first kappa shape index (κ1) is 19.1. The van der Waals surface area contributed by atoms with Gasteiger partial charge < -0.3 is 16.4 Å². The number of hydrogen-bond acceptors (Lipinski definition) is 3. The maximum absolute atomic E-state index is 13.0. The van der Waals surface area contributed by atoms with E-state index in [-0.39, 0.29) is 17.0 Å². The molecule has 6 nitrogen and oxygen atoms in total. The molecule has 0 aliphatic carbocycles. The van der Waals surface area contributed by atoms with Crippen LogP contribution in [0.15, 0.2) is 48.5 Å². The van der Waals surface area contributed by atoms with E-state index in [4.69, 9.17) is 5.73 Å². The predicted molar refractivity (Wildman–Crippen MR) is 96.1 cm³/mol. The fraction of sp³-hybridized carbons (Fsp3) is 0.211. The van der Waals surface area contributed by atoms with Gasteiger partial charge in [0, 0.05) is 16.8 Å². The summed E-state index contributed by atoms with van der Waals surface area (Å²) in [7, 11) is 0. The second-order valence-electron chi connectivity index (χ2n) is 6.14. The fourth-order valence-corrected chi connectivity index (χ4v) is 2.33. The van der Waals surface area contributed by atoms with Crippen LogP contribution in [0.3, 0.4) is 0 Å². The molecule has 7 heteroatoms. The monoisotopic (exact) mass is 357 g/mol. The van der Waals surface area contributed by atoms with Crippen LogP contribution >= 0.6 is 0 Å². The Balaban J connectivity index is 2.12. The van der Waals surface area contributed by atoms with Crippen molar-refractivity contribution in [1.82, 2.24) is 5.32 Å². The van der Waals surface area contributed by atoms with Crippen LogP contribution in [0.4, 0.5) is 10.1 Å². The molecule has 0 fully saturated rings. The summed E-state index contributed by atoms with van der Waals surface area (Å²) < 4.78 is 13.0. The maximum atomic E-state index is 13.0. The topological polar surface area (TPSA) is 101 Å². The van der Waals surface area contributed by atoms with Crippen LogP contribution < -0.4 is 16.4 Å². The first-order valence-corrected chi connectivity index (χ1v) is 8.05. The molecule has 0 heterocycles. The molecule has 2 rings (SSSR count). The summed E-state index contributed by atoms with van der Waals surface area (Å²) in [5.41, 5.74) is 6.14. The van der Waals surface area contributed by atoms with Gasteiger partial charge >= 0.3 is 0 Å². The third-order valence-corrected chi connectivity index (χ3v) is 3.76. The second-order valence-corrected chi connectivity index (χ2v) is 6.14. The molecule has 0 saturated carbocycles. The van der Waals surface area contributed by atoms with Crippen molar-refractivity contribution >= 4 is 23.4 Å².